The van der Waals surface area contributed by atoms with Gasteiger partial charge in [-0.15, -0.1) is 0 Å². The summed E-state index contributed by atoms with van der Waals surface area (Å²) in [7, 11) is 1.66. The van der Waals surface area contributed by atoms with E-state index in [1.54, 1.807) is 7.05 Å². The van der Waals surface area contributed by atoms with Gasteiger partial charge in [0.1, 0.15) is 5.82 Å². The molecule has 0 fully saturated rings. The Labute approximate surface area is 80.0 Å². The highest BCUT2D eigenvalue weighted by Crippen LogP contribution is 2.02. The molecule has 1 aromatic rings. The van der Waals surface area contributed by atoms with Gasteiger partial charge in [0.25, 0.3) is 0 Å². The van der Waals surface area contributed by atoms with Crippen LogP contribution in [0.5, 0.6) is 0 Å². The third kappa shape index (κ3) is 2.43. The lowest BCUT2D eigenvalue weighted by atomic mass is 10.5. The molecule has 1 rings (SSSR count). The van der Waals surface area contributed by atoms with Gasteiger partial charge in [-0.2, -0.15) is 5.10 Å². The minimum Gasteiger partial charge on any atom is -0.395 e. The van der Waals surface area contributed by atoms with Gasteiger partial charge in [0.2, 0.25) is 5.43 Å². The molecule has 5 nitrogen and oxygen atoms in total. The van der Waals surface area contributed by atoms with Crippen molar-refractivity contribution in [2.24, 2.45) is 7.05 Å². The van der Waals surface area contributed by atoms with Crippen LogP contribution in [0.15, 0.2) is 10.9 Å². The Hall–Kier alpha value is -1.07. The summed E-state index contributed by atoms with van der Waals surface area (Å²) < 4.78 is 1.44. The van der Waals surface area contributed by atoms with Gasteiger partial charge < -0.3 is 10.4 Å². The molecule has 0 atom stereocenters. The Morgan fingerprint density at radius 3 is 3.08 bits per heavy atom. The van der Waals surface area contributed by atoms with E-state index in [0.717, 1.165) is 0 Å². The molecule has 0 aliphatic rings. The smallest absolute Gasteiger partial charge is 0.221 e. The molecule has 13 heavy (non-hydrogen) atoms. The number of anilines is 1. The molecule has 0 aliphatic heterocycles. The van der Waals surface area contributed by atoms with Crippen molar-refractivity contribution in [3.63, 3.8) is 0 Å². The molecule has 72 valence electrons. The van der Waals surface area contributed by atoms with E-state index in [0.29, 0.717) is 12.4 Å². The Bertz CT molecular complexity index is 350. The fraction of sp³-hybridized carbons (Fsp3) is 0.429. The van der Waals surface area contributed by atoms with Crippen LogP contribution in [-0.2, 0) is 7.05 Å². The van der Waals surface area contributed by atoms with Crippen molar-refractivity contribution in [3.8, 4) is 0 Å². The number of halogens is 1. The minimum absolute atomic E-state index is 0.00316. The first kappa shape index (κ1) is 10.0. The fourth-order valence-corrected chi connectivity index (χ4v) is 1.03. The van der Waals surface area contributed by atoms with E-state index in [-0.39, 0.29) is 17.2 Å². The Morgan fingerprint density at radius 1 is 1.77 bits per heavy atom. The zero-order valence-corrected chi connectivity index (χ0v) is 7.88. The highest BCUT2D eigenvalue weighted by molar-refractivity contribution is 6.29. The number of aryl methyl sites for hydroxylation is 1. The summed E-state index contributed by atoms with van der Waals surface area (Å²) in [6.07, 6.45) is 0. The Balaban J connectivity index is 2.95. The molecule has 0 saturated carbocycles. The maximum Gasteiger partial charge on any atom is 0.221 e. The normalized spacial score (nSPS) is 10.1. The monoisotopic (exact) mass is 203 g/mol. The van der Waals surface area contributed by atoms with Crippen molar-refractivity contribution in [1.82, 2.24) is 9.78 Å². The topological polar surface area (TPSA) is 67.2 Å². The molecule has 0 radical (unpaired) electrons. The SMILES string of the molecule is Cn1nc(Cl)c(=O)cc1NCCO. The number of nitrogens with one attached hydrogen (secondary N) is 1. The van der Waals surface area contributed by atoms with Crippen LogP contribution < -0.4 is 10.7 Å². The quantitative estimate of drug-likeness (QED) is 0.717. The van der Waals surface area contributed by atoms with E-state index in [1.807, 2.05) is 0 Å². The molecule has 0 bridgehead atoms. The average Bonchev–Trinajstić information content (AvgIpc) is 2.09. The summed E-state index contributed by atoms with van der Waals surface area (Å²) in [5.74, 6) is 0.531. The van der Waals surface area contributed by atoms with Crippen LogP contribution in [-0.4, -0.2) is 28.0 Å². The van der Waals surface area contributed by atoms with Gasteiger partial charge in [-0.1, -0.05) is 11.6 Å². The van der Waals surface area contributed by atoms with E-state index in [4.69, 9.17) is 16.7 Å². The molecule has 2 N–H and O–H groups in total. The first-order chi connectivity index (χ1) is 6.15. The zero-order chi connectivity index (χ0) is 9.84. The number of aliphatic hydroxyl groups is 1. The van der Waals surface area contributed by atoms with Gasteiger partial charge in [-0.3, -0.25) is 9.48 Å². The lowest BCUT2D eigenvalue weighted by Gasteiger charge is -2.08. The molecule has 1 heterocycles. The molecule has 0 aromatic carbocycles. The molecule has 0 unspecified atom stereocenters. The Kier molecular flexibility index (Phi) is 3.27. The number of hydrogen-bond donors (Lipinski definition) is 2. The molecule has 6 heteroatoms. The predicted molar refractivity (Wildman–Crippen MR) is 50.1 cm³/mol. The summed E-state index contributed by atoms with van der Waals surface area (Å²) in [4.78, 5) is 11.0. The minimum atomic E-state index is -0.333. The zero-order valence-electron chi connectivity index (χ0n) is 7.12. The molecular formula is C7H10ClN3O2. The lowest BCUT2D eigenvalue weighted by Crippen LogP contribution is -2.17. The van der Waals surface area contributed by atoms with Crippen molar-refractivity contribution in [2.75, 3.05) is 18.5 Å². The summed E-state index contributed by atoms with van der Waals surface area (Å²) in [5.41, 5.74) is -0.333. The maximum absolute atomic E-state index is 11.0. The largest absolute Gasteiger partial charge is 0.395 e. The van der Waals surface area contributed by atoms with E-state index in [1.165, 1.54) is 10.7 Å². The van der Waals surface area contributed by atoms with Gasteiger partial charge >= 0.3 is 0 Å². The van der Waals surface area contributed by atoms with Crippen LogP contribution in [0.25, 0.3) is 0 Å². The molecular weight excluding hydrogens is 194 g/mol. The summed E-state index contributed by atoms with van der Waals surface area (Å²) in [6, 6.07) is 1.34. The van der Waals surface area contributed by atoms with Crippen LogP contribution in [0.2, 0.25) is 5.15 Å². The van der Waals surface area contributed by atoms with Gasteiger partial charge in [0.05, 0.1) is 6.61 Å². The average molecular weight is 204 g/mol. The van der Waals surface area contributed by atoms with Crippen molar-refractivity contribution >= 4 is 17.4 Å². The number of nitrogens with zero attached hydrogens (tertiary/aromatic N) is 2. The van der Waals surface area contributed by atoms with Crippen molar-refractivity contribution in [2.45, 2.75) is 0 Å². The fourth-order valence-electron chi connectivity index (χ4n) is 0.861. The van der Waals surface area contributed by atoms with Gasteiger partial charge in [-0.25, -0.2) is 0 Å². The standard InChI is InChI=1S/C7H10ClN3O2/c1-11-6(9-2-3-12)4-5(13)7(8)10-11/h4,9,12H,2-3H2,1H3. The second-order valence-electron chi connectivity index (χ2n) is 2.46. The number of hydrogen-bond acceptors (Lipinski definition) is 4. The predicted octanol–water partition coefficient (Wildman–Crippen LogP) is -0.162. The number of rotatable bonds is 3. The maximum atomic E-state index is 11.0. The first-order valence-electron chi connectivity index (χ1n) is 3.73. The van der Waals surface area contributed by atoms with Crippen LogP contribution >= 0.6 is 11.6 Å². The molecule has 1 aromatic heterocycles. The third-order valence-electron chi connectivity index (χ3n) is 1.48. The van der Waals surface area contributed by atoms with E-state index < -0.39 is 0 Å². The van der Waals surface area contributed by atoms with Crippen molar-refractivity contribution in [3.05, 3.63) is 21.4 Å². The third-order valence-corrected chi connectivity index (χ3v) is 1.74. The molecule has 0 aliphatic carbocycles. The van der Waals surface area contributed by atoms with Crippen molar-refractivity contribution in [1.29, 1.82) is 0 Å². The highest BCUT2D eigenvalue weighted by atomic mass is 35.5. The van der Waals surface area contributed by atoms with Crippen LogP contribution in [0.1, 0.15) is 0 Å². The van der Waals surface area contributed by atoms with E-state index in [2.05, 4.69) is 10.4 Å². The molecule has 0 spiro atoms. The second-order valence-corrected chi connectivity index (χ2v) is 2.82. The van der Waals surface area contributed by atoms with E-state index in [9.17, 15) is 4.79 Å². The van der Waals surface area contributed by atoms with E-state index >= 15 is 0 Å². The highest BCUT2D eigenvalue weighted by Gasteiger charge is 2.02. The number of aromatic nitrogens is 2. The second kappa shape index (κ2) is 4.25. The number of aliphatic hydroxyl groups excluding tert-OH is 1. The van der Waals surface area contributed by atoms with Gasteiger partial charge in [0.15, 0.2) is 5.15 Å². The summed E-state index contributed by atoms with van der Waals surface area (Å²) >= 11 is 5.50. The van der Waals surface area contributed by atoms with Crippen LogP contribution in [0.4, 0.5) is 5.82 Å². The molecule has 0 amide bonds. The lowest BCUT2D eigenvalue weighted by molar-refractivity contribution is 0.310. The van der Waals surface area contributed by atoms with Crippen molar-refractivity contribution < 1.29 is 5.11 Å². The summed E-state index contributed by atoms with van der Waals surface area (Å²) in [5, 5.41) is 15.1. The molecule has 0 saturated heterocycles. The van der Waals surface area contributed by atoms with Crippen LogP contribution in [0, 0.1) is 0 Å². The summed E-state index contributed by atoms with van der Waals surface area (Å²) in [6.45, 7) is 0.368. The van der Waals surface area contributed by atoms with Crippen LogP contribution in [0.3, 0.4) is 0 Å². The van der Waals surface area contributed by atoms with Gasteiger partial charge in [0, 0.05) is 19.7 Å². The van der Waals surface area contributed by atoms with Gasteiger partial charge in [-0.05, 0) is 0 Å². The first-order valence-corrected chi connectivity index (χ1v) is 4.11. The Morgan fingerprint density at radius 2 is 2.46 bits per heavy atom.